The summed E-state index contributed by atoms with van der Waals surface area (Å²) in [5.41, 5.74) is -0.758. The van der Waals surface area contributed by atoms with Crippen molar-refractivity contribution in [2.24, 2.45) is 5.92 Å². The molecule has 1 N–H and O–H groups in total. The highest BCUT2D eigenvalue weighted by atomic mass is 32.2. The number of thioether (sulfide) groups is 1. The molecule has 0 spiro atoms. The van der Waals surface area contributed by atoms with Gasteiger partial charge in [0.2, 0.25) is 17.7 Å². The van der Waals surface area contributed by atoms with Gasteiger partial charge in [-0.2, -0.15) is 13.2 Å². The molecular weight excluding hydrogens is 594 g/mol. The van der Waals surface area contributed by atoms with E-state index in [0.717, 1.165) is 35.2 Å². The number of thiazole rings is 1. The van der Waals surface area contributed by atoms with Crippen molar-refractivity contribution in [2.75, 3.05) is 10.2 Å². The van der Waals surface area contributed by atoms with Crippen LogP contribution in [-0.2, 0) is 27.1 Å². The van der Waals surface area contributed by atoms with E-state index in [0.29, 0.717) is 26.1 Å². The first-order valence-corrected chi connectivity index (χ1v) is 14.3. The van der Waals surface area contributed by atoms with E-state index in [4.69, 9.17) is 0 Å². The topological polar surface area (TPSA) is 88.5 Å². The van der Waals surface area contributed by atoms with Gasteiger partial charge in [0, 0.05) is 16.5 Å². The van der Waals surface area contributed by atoms with E-state index < -0.39 is 69.5 Å². The van der Waals surface area contributed by atoms with E-state index in [1.165, 1.54) is 41.0 Å². The summed E-state index contributed by atoms with van der Waals surface area (Å²) in [5, 5.41) is 1.74. The molecule has 6 rings (SSSR count). The van der Waals surface area contributed by atoms with Gasteiger partial charge in [0.05, 0.1) is 22.2 Å². The molecule has 13 heteroatoms. The first-order chi connectivity index (χ1) is 20.0. The molecule has 3 amide bonds. The van der Waals surface area contributed by atoms with Crippen LogP contribution in [0.25, 0.3) is 0 Å². The molecule has 3 atom stereocenters. The van der Waals surface area contributed by atoms with Crippen molar-refractivity contribution in [2.45, 2.75) is 28.9 Å². The Bertz CT molecular complexity index is 1770. The third-order valence-corrected chi connectivity index (χ3v) is 9.69. The van der Waals surface area contributed by atoms with Crippen LogP contribution in [0.15, 0.2) is 88.7 Å². The van der Waals surface area contributed by atoms with Crippen molar-refractivity contribution in [1.29, 1.82) is 0 Å². The lowest BCUT2D eigenvalue weighted by Crippen LogP contribution is -2.33. The Morgan fingerprint density at radius 2 is 1.55 bits per heavy atom. The first kappa shape index (κ1) is 27.9. The van der Waals surface area contributed by atoms with Gasteiger partial charge < -0.3 is 5.32 Å². The quantitative estimate of drug-likeness (QED) is 0.237. The van der Waals surface area contributed by atoms with E-state index in [-0.39, 0.29) is 0 Å². The maximum absolute atomic E-state index is 13.9. The Kier molecular flexibility index (Phi) is 7.01. The zero-order chi connectivity index (χ0) is 29.8. The van der Waals surface area contributed by atoms with Crippen molar-refractivity contribution in [1.82, 2.24) is 4.57 Å². The zero-order valence-electron chi connectivity index (χ0n) is 21.3. The number of aromatic nitrogens is 1. The Labute approximate surface area is 243 Å². The fourth-order valence-corrected chi connectivity index (χ4v) is 8.07. The van der Waals surface area contributed by atoms with E-state index in [1.807, 2.05) is 0 Å². The van der Waals surface area contributed by atoms with Gasteiger partial charge in [0.25, 0.3) is 0 Å². The maximum atomic E-state index is 13.9. The van der Waals surface area contributed by atoms with Gasteiger partial charge in [-0.05, 0) is 42.0 Å². The van der Waals surface area contributed by atoms with Crippen molar-refractivity contribution in [3.63, 3.8) is 0 Å². The van der Waals surface area contributed by atoms with Crippen LogP contribution in [0.4, 0.5) is 28.9 Å². The summed E-state index contributed by atoms with van der Waals surface area (Å²) < 4.78 is 56.1. The lowest BCUT2D eigenvalue weighted by molar-refractivity contribution is -0.137. The van der Waals surface area contributed by atoms with Crippen LogP contribution in [0, 0.1) is 11.7 Å². The first-order valence-electron chi connectivity index (χ1n) is 12.6. The van der Waals surface area contributed by atoms with Gasteiger partial charge in [-0.1, -0.05) is 65.6 Å². The standard InChI is InChI=1S/C29H19F4N3O4S2/c30-16-10-12-17(13-11-16)34-20(37)14-35-27-24(42-28(35)40)21(15-6-2-1-3-7-15)22-23(41-27)26(39)36(25(22)38)19-9-5-4-8-18(19)29(31,32)33/h1-13,21-23H,14H2,(H,34,37)/t21-,22-,23+/m0/s1. The molecule has 2 aliphatic heterocycles. The SMILES string of the molecule is O=C(Cn1c2c(sc1=O)[C@@H](c1ccccc1)[C@@H]1C(=O)N(c3ccccc3C(F)(F)F)C(=O)[C@@H]1S2)Nc1ccc(F)cc1. The number of nitrogens with zero attached hydrogens (tertiary/aromatic N) is 2. The molecule has 42 heavy (non-hydrogen) atoms. The zero-order valence-corrected chi connectivity index (χ0v) is 22.9. The number of amides is 3. The number of rotatable bonds is 5. The second kappa shape index (κ2) is 10.6. The van der Waals surface area contributed by atoms with E-state index in [2.05, 4.69) is 5.32 Å². The molecule has 3 aromatic carbocycles. The summed E-state index contributed by atoms with van der Waals surface area (Å²) in [6.07, 6.45) is -4.81. The molecule has 1 saturated heterocycles. The monoisotopic (exact) mass is 613 g/mol. The molecule has 214 valence electrons. The number of alkyl halides is 3. The Morgan fingerprint density at radius 3 is 2.24 bits per heavy atom. The maximum Gasteiger partial charge on any atom is 0.418 e. The highest BCUT2D eigenvalue weighted by Gasteiger charge is 2.57. The van der Waals surface area contributed by atoms with Gasteiger partial charge in [-0.15, -0.1) is 0 Å². The largest absolute Gasteiger partial charge is 0.418 e. The number of fused-ring (bicyclic) bond motifs is 2. The molecule has 1 fully saturated rings. The Balaban J connectivity index is 1.41. The highest BCUT2D eigenvalue weighted by Crippen LogP contribution is 2.54. The molecule has 0 radical (unpaired) electrons. The van der Waals surface area contributed by atoms with Crippen LogP contribution >= 0.6 is 23.1 Å². The summed E-state index contributed by atoms with van der Waals surface area (Å²) in [6.45, 7) is -0.434. The Morgan fingerprint density at radius 1 is 0.881 bits per heavy atom. The normalized spacial score (nSPS) is 19.9. The third kappa shape index (κ3) is 4.81. The number of anilines is 2. The predicted molar refractivity (Wildman–Crippen MR) is 149 cm³/mol. The molecule has 1 aromatic heterocycles. The fourth-order valence-electron chi connectivity index (χ4n) is 5.30. The lowest BCUT2D eigenvalue weighted by Gasteiger charge is -2.30. The van der Waals surface area contributed by atoms with Crippen LogP contribution in [0.5, 0.6) is 0 Å². The average Bonchev–Trinajstić information content (AvgIpc) is 3.40. The minimum absolute atomic E-state index is 0.293. The number of hydrogen-bond acceptors (Lipinski definition) is 6. The summed E-state index contributed by atoms with van der Waals surface area (Å²) in [4.78, 5) is 54.2. The van der Waals surface area contributed by atoms with Crippen LogP contribution in [0.1, 0.15) is 21.9 Å². The summed E-state index contributed by atoms with van der Waals surface area (Å²) in [7, 11) is 0. The van der Waals surface area contributed by atoms with Crippen molar-refractivity contribution < 1.29 is 31.9 Å². The van der Waals surface area contributed by atoms with Gasteiger partial charge in [-0.3, -0.25) is 23.7 Å². The number of imide groups is 1. The van der Waals surface area contributed by atoms with Crippen molar-refractivity contribution in [3.05, 3.63) is 110 Å². The summed E-state index contributed by atoms with van der Waals surface area (Å²) >= 11 is 1.72. The van der Waals surface area contributed by atoms with Crippen molar-refractivity contribution >= 4 is 52.2 Å². The Hall–Kier alpha value is -4.23. The van der Waals surface area contributed by atoms with Crippen LogP contribution in [0.3, 0.4) is 0 Å². The molecule has 3 heterocycles. The fraction of sp³-hybridized carbons (Fsp3) is 0.172. The second-order valence-electron chi connectivity index (χ2n) is 9.66. The second-order valence-corrected chi connectivity index (χ2v) is 11.8. The number of carbonyl (C=O) groups is 3. The van der Waals surface area contributed by atoms with Crippen LogP contribution < -0.4 is 15.1 Å². The highest BCUT2D eigenvalue weighted by molar-refractivity contribution is 8.00. The number of nitrogens with one attached hydrogen (secondary N) is 1. The average molecular weight is 614 g/mol. The van der Waals surface area contributed by atoms with Gasteiger partial charge >= 0.3 is 11.0 Å². The number of para-hydroxylation sites is 1. The van der Waals surface area contributed by atoms with Gasteiger partial charge in [-0.25, -0.2) is 9.29 Å². The van der Waals surface area contributed by atoms with E-state index in [9.17, 15) is 36.7 Å². The number of halogens is 4. The van der Waals surface area contributed by atoms with E-state index >= 15 is 0 Å². The van der Waals surface area contributed by atoms with E-state index in [1.54, 1.807) is 30.3 Å². The van der Waals surface area contributed by atoms with Crippen LogP contribution in [-0.4, -0.2) is 27.5 Å². The summed E-state index contributed by atoms with van der Waals surface area (Å²) in [6, 6.07) is 18.1. The molecule has 0 bridgehead atoms. The molecule has 7 nitrogen and oxygen atoms in total. The van der Waals surface area contributed by atoms with Crippen LogP contribution in [0.2, 0.25) is 0 Å². The summed E-state index contributed by atoms with van der Waals surface area (Å²) in [5.74, 6) is -4.60. The van der Waals surface area contributed by atoms with Crippen molar-refractivity contribution in [3.8, 4) is 0 Å². The van der Waals surface area contributed by atoms with Gasteiger partial charge in [0.1, 0.15) is 17.6 Å². The molecule has 4 aromatic rings. The van der Waals surface area contributed by atoms with Gasteiger partial charge in [0.15, 0.2) is 0 Å². The minimum atomic E-state index is -4.81. The smallest absolute Gasteiger partial charge is 0.325 e. The molecule has 0 saturated carbocycles. The molecular formula is C29H19F4N3O4S2. The predicted octanol–water partition coefficient (Wildman–Crippen LogP) is 5.50. The number of carbonyl (C=O) groups excluding carboxylic acids is 3. The lowest BCUT2D eigenvalue weighted by atomic mass is 9.83. The minimum Gasteiger partial charge on any atom is -0.325 e. The number of hydrogen-bond donors (Lipinski definition) is 1. The third-order valence-electron chi connectivity index (χ3n) is 7.09. The molecule has 2 aliphatic rings. The molecule has 0 unspecified atom stereocenters. The molecule has 0 aliphatic carbocycles. The number of benzene rings is 3.